The van der Waals surface area contributed by atoms with Crippen molar-refractivity contribution >= 4 is 78.3 Å². The number of nitriles is 1. The van der Waals surface area contributed by atoms with E-state index >= 15 is 0 Å². The molecule has 0 unspecified atom stereocenters. The maximum absolute atomic E-state index is 13.8. The van der Waals surface area contributed by atoms with Gasteiger partial charge < -0.3 is 39.8 Å². The molecule has 3 aromatic carbocycles. The van der Waals surface area contributed by atoms with E-state index in [2.05, 4.69) is 21.7 Å². The second-order valence-corrected chi connectivity index (χ2v) is 15.5. The predicted octanol–water partition coefficient (Wildman–Crippen LogP) is 7.65. The Hall–Kier alpha value is -4.07. The summed E-state index contributed by atoms with van der Waals surface area (Å²) in [6.45, 7) is 7.34. The van der Waals surface area contributed by atoms with Crippen molar-refractivity contribution in [1.82, 2.24) is 4.98 Å². The Kier molecular flexibility index (Phi) is 13.3. The molecule has 1 fully saturated rings. The van der Waals surface area contributed by atoms with Crippen LogP contribution in [0.4, 0.5) is 21.5 Å². The van der Waals surface area contributed by atoms with Gasteiger partial charge in [-0.1, -0.05) is 23.7 Å². The summed E-state index contributed by atoms with van der Waals surface area (Å²) in [6, 6.07) is 16.7. The molecular weight excluding hydrogens is 731 g/mol. The maximum Gasteiger partial charge on any atom is 0.229 e. The van der Waals surface area contributed by atoms with Gasteiger partial charge in [-0.15, -0.1) is 0 Å². The molecule has 4 aromatic rings. The molecule has 0 radical (unpaired) electrons. The van der Waals surface area contributed by atoms with Crippen LogP contribution >= 0.6 is 34.3 Å². The molecule has 1 aliphatic rings. The van der Waals surface area contributed by atoms with Crippen LogP contribution in [-0.4, -0.2) is 67.8 Å². The zero-order valence-electron chi connectivity index (χ0n) is 28.9. The first kappa shape index (κ1) is 39.1. The molecular formula is C37H40ClFN4O7S2. The Balaban J connectivity index is 1.48. The zero-order chi connectivity index (χ0) is 37.4. The first-order chi connectivity index (χ1) is 24.8. The number of nitrogens with one attached hydrogen (secondary N) is 2. The number of hydrogen-bond acceptors (Lipinski definition) is 8. The fourth-order valence-corrected chi connectivity index (χ4v) is 7.25. The minimum atomic E-state index is -0.756. The summed E-state index contributed by atoms with van der Waals surface area (Å²) in [6.07, 6.45) is 1.08. The van der Waals surface area contributed by atoms with Gasteiger partial charge in [0.25, 0.3) is 0 Å². The average Bonchev–Trinajstić information content (AvgIpc) is 3.45. The van der Waals surface area contributed by atoms with Crippen LogP contribution in [0.15, 0.2) is 60.8 Å². The van der Waals surface area contributed by atoms with E-state index in [0.717, 1.165) is 0 Å². The number of rotatable bonds is 14. The van der Waals surface area contributed by atoms with E-state index in [0.29, 0.717) is 90.9 Å². The molecule has 1 aromatic heterocycles. The van der Waals surface area contributed by atoms with Gasteiger partial charge in [0.05, 0.1) is 50.1 Å². The van der Waals surface area contributed by atoms with Gasteiger partial charge >= 0.3 is 0 Å². The minimum Gasteiger partial charge on any atom is -0.489 e. The van der Waals surface area contributed by atoms with E-state index in [1.807, 2.05) is 13.8 Å². The van der Waals surface area contributed by atoms with Crippen LogP contribution in [0.25, 0.3) is 10.9 Å². The number of aliphatic hydroxyl groups excluding tert-OH is 2. The summed E-state index contributed by atoms with van der Waals surface area (Å²) < 4.78 is 37.3. The highest BCUT2D eigenvalue weighted by molar-refractivity contribution is 7.99. The molecule has 1 atom stereocenters. The van der Waals surface area contributed by atoms with Crippen LogP contribution in [0.2, 0.25) is 5.02 Å². The van der Waals surface area contributed by atoms with Crippen LogP contribution in [0.3, 0.4) is 0 Å². The van der Waals surface area contributed by atoms with Crippen molar-refractivity contribution in [3.8, 4) is 17.6 Å². The number of benzene rings is 3. The highest BCUT2D eigenvalue weighted by Gasteiger charge is 2.33. The Bertz CT molecular complexity index is 2030. The number of carbonyl (C=O) groups is 1. The lowest BCUT2D eigenvalue weighted by Crippen LogP contribution is -2.27. The number of nitrogens with zero attached hydrogens (tertiary/aromatic N) is 2. The molecule has 0 spiro atoms. The van der Waals surface area contributed by atoms with Crippen LogP contribution < -0.4 is 20.1 Å². The molecule has 1 saturated heterocycles. The fraction of sp³-hybridized carbons (Fsp3) is 0.324. The molecule has 276 valence electrons. The number of thiol groups is 2. The summed E-state index contributed by atoms with van der Waals surface area (Å²) in [4.78, 5) is 18.3. The van der Waals surface area contributed by atoms with Crippen molar-refractivity contribution in [1.29, 1.82) is 5.26 Å². The van der Waals surface area contributed by atoms with E-state index in [9.17, 15) is 24.7 Å². The number of aliphatic hydroxyl groups is 2. The molecule has 1 aliphatic heterocycles. The van der Waals surface area contributed by atoms with Crippen molar-refractivity contribution in [3.05, 3.63) is 82.8 Å². The number of amides is 1. The normalized spacial score (nSPS) is 16.6. The smallest absolute Gasteiger partial charge is 0.229 e. The lowest BCUT2D eigenvalue weighted by atomic mass is 10.1. The molecule has 4 N–H and O–H groups in total. The Labute approximate surface area is 313 Å². The van der Waals surface area contributed by atoms with E-state index in [-0.39, 0.29) is 46.7 Å². The highest BCUT2D eigenvalue weighted by Crippen LogP contribution is 2.38. The van der Waals surface area contributed by atoms with Gasteiger partial charge in [0.15, 0.2) is 5.79 Å². The van der Waals surface area contributed by atoms with Crippen LogP contribution in [0, 0.1) is 23.1 Å². The Morgan fingerprint density at radius 2 is 1.87 bits per heavy atom. The molecule has 5 rings (SSSR count). The predicted molar refractivity (Wildman–Crippen MR) is 209 cm³/mol. The molecule has 2 heterocycles. The third-order valence-corrected chi connectivity index (χ3v) is 10.2. The number of fused-ring (bicyclic) bond motifs is 1. The number of ether oxygens (including phenoxy) is 4. The van der Waals surface area contributed by atoms with Gasteiger partial charge in [0.2, 0.25) is 5.91 Å². The Morgan fingerprint density at radius 3 is 2.50 bits per heavy atom. The summed E-state index contributed by atoms with van der Waals surface area (Å²) >= 11 is 7.76. The van der Waals surface area contributed by atoms with Crippen molar-refractivity contribution < 1.29 is 38.3 Å². The molecule has 0 aliphatic carbocycles. The highest BCUT2D eigenvalue weighted by atomic mass is 35.5. The first-order valence-electron chi connectivity index (χ1n) is 16.3. The average molecular weight is 771 g/mol. The summed E-state index contributed by atoms with van der Waals surface area (Å²) in [5.41, 5.74) is 2.64. The maximum atomic E-state index is 13.8. The van der Waals surface area contributed by atoms with E-state index in [1.165, 1.54) is 18.3 Å². The van der Waals surface area contributed by atoms with E-state index in [1.54, 1.807) is 56.3 Å². The second kappa shape index (κ2) is 17.6. The number of aromatic nitrogens is 1. The third kappa shape index (κ3) is 10.7. The van der Waals surface area contributed by atoms with Crippen molar-refractivity contribution in [2.24, 2.45) is 5.92 Å². The number of pyridine rings is 1. The summed E-state index contributed by atoms with van der Waals surface area (Å²) in [5, 5.41) is 37.2. The molecule has 11 nitrogen and oxygen atoms in total. The molecule has 0 saturated carbocycles. The third-order valence-electron chi connectivity index (χ3n) is 7.78. The molecule has 52 heavy (non-hydrogen) atoms. The van der Waals surface area contributed by atoms with E-state index in [4.69, 9.17) is 30.5 Å². The SMILES string of the molecule is CC(O)=[SH]CC(C[SH]=C(C)O)C(=O)Nc1cc2c(Nc3ccc(OCc4cccc(F)c4)c(Cl)c3)c(C#N)cnc2cc1OC[C@@H]1COC(C)(C)O1. The second-order valence-electron chi connectivity index (χ2n) is 12.4. The topological polar surface area (TPSA) is 155 Å². The largest absolute Gasteiger partial charge is 0.489 e. The molecule has 15 heteroatoms. The Morgan fingerprint density at radius 1 is 1.12 bits per heavy atom. The first-order valence-corrected chi connectivity index (χ1v) is 18.8. The van der Waals surface area contributed by atoms with Crippen LogP contribution in [0.5, 0.6) is 11.5 Å². The lowest BCUT2D eigenvalue weighted by Gasteiger charge is -2.20. The summed E-state index contributed by atoms with van der Waals surface area (Å²) in [7, 11) is 0. The van der Waals surface area contributed by atoms with Crippen molar-refractivity contribution in [3.63, 3.8) is 0 Å². The van der Waals surface area contributed by atoms with Gasteiger partial charge in [-0.3, -0.25) is 9.78 Å². The van der Waals surface area contributed by atoms with Gasteiger partial charge in [0.1, 0.15) is 42.7 Å². The zero-order valence-corrected chi connectivity index (χ0v) is 31.5. The summed E-state index contributed by atoms with van der Waals surface area (Å²) in [5.74, 6) is -0.650. The standard InChI is InChI=1S/C37H40ClFN4O7S2/c1-21(44)51-19-25(20-52-22(2)45)36(46)43-32-12-29-31(13-34(32)48-17-28-18-49-37(3,4)50-28)41-15-24(14-40)35(29)42-27-8-9-33(30(38)11-27)47-16-23-6-5-7-26(39)10-23/h5-13,15,25,28,44-45,51-52H,16-20H2,1-4H3,(H,41,42)(H,43,46)/t28-/m1/s1. The minimum absolute atomic E-state index is 0.115. The van der Waals surface area contributed by atoms with Crippen LogP contribution in [0.1, 0.15) is 38.8 Å². The number of halogens is 2. The van der Waals surface area contributed by atoms with Gasteiger partial charge in [-0.05, 0) is 81.2 Å². The number of hydrogen-bond donors (Lipinski definition) is 6. The molecule has 0 bridgehead atoms. The quantitative estimate of drug-likeness (QED) is 0.0557. The van der Waals surface area contributed by atoms with Gasteiger partial charge in [-0.2, -0.15) is 28.0 Å². The number of carbonyl (C=O) groups excluding carboxylic acids is 1. The van der Waals surface area contributed by atoms with Crippen LogP contribution in [-0.2, 0) is 20.9 Å². The molecule has 1 amide bonds. The monoisotopic (exact) mass is 770 g/mol. The lowest BCUT2D eigenvalue weighted by molar-refractivity contribution is -0.141. The van der Waals surface area contributed by atoms with Gasteiger partial charge in [-0.25, -0.2) is 4.39 Å². The van der Waals surface area contributed by atoms with Crippen molar-refractivity contribution in [2.75, 3.05) is 35.4 Å². The number of anilines is 3. The van der Waals surface area contributed by atoms with Gasteiger partial charge in [0, 0.05) is 23.3 Å². The fourth-order valence-electron chi connectivity index (χ4n) is 5.26. The van der Waals surface area contributed by atoms with E-state index < -0.39 is 11.7 Å². The van der Waals surface area contributed by atoms with Crippen molar-refractivity contribution in [2.45, 2.75) is 46.2 Å².